The number of hydrogen-bond acceptors (Lipinski definition) is 4. The summed E-state index contributed by atoms with van der Waals surface area (Å²) in [4.78, 5) is 8.18. The first-order chi connectivity index (χ1) is 8.79. The van der Waals surface area contributed by atoms with Gasteiger partial charge in [0.2, 0.25) is 5.88 Å². The summed E-state index contributed by atoms with van der Waals surface area (Å²) >= 11 is 0. The van der Waals surface area contributed by atoms with E-state index in [1.807, 2.05) is 0 Å². The van der Waals surface area contributed by atoms with Gasteiger partial charge in [-0.2, -0.15) is 0 Å². The predicted molar refractivity (Wildman–Crippen MR) is 71.5 cm³/mol. The zero-order valence-corrected chi connectivity index (χ0v) is 11.4. The van der Waals surface area contributed by atoms with E-state index in [0.717, 1.165) is 12.8 Å². The highest BCUT2D eigenvalue weighted by molar-refractivity contribution is 5.19. The number of hydrogen-bond donors (Lipinski definition) is 1. The second-order valence-corrected chi connectivity index (χ2v) is 4.52. The topological polar surface area (TPSA) is 55.2 Å². The van der Waals surface area contributed by atoms with Gasteiger partial charge in [0.15, 0.2) is 0 Å². The molecule has 1 N–H and O–H groups in total. The third kappa shape index (κ3) is 5.00. The lowest BCUT2D eigenvalue weighted by molar-refractivity contribution is 0.153. The Kier molecular flexibility index (Phi) is 7.34. The molecule has 0 spiro atoms. The quantitative estimate of drug-likeness (QED) is 0.685. The van der Waals surface area contributed by atoms with E-state index in [1.54, 1.807) is 19.5 Å². The van der Waals surface area contributed by atoms with Crippen LogP contribution in [0.1, 0.15) is 63.7 Å². The molecule has 1 heterocycles. The summed E-state index contributed by atoms with van der Waals surface area (Å²) in [6, 6.07) is 0. The molecule has 0 aliphatic carbocycles. The van der Waals surface area contributed by atoms with Crippen molar-refractivity contribution in [2.24, 2.45) is 0 Å². The molecule has 18 heavy (non-hydrogen) atoms. The number of nitrogens with zero attached hydrogens (tertiary/aromatic N) is 2. The van der Waals surface area contributed by atoms with Gasteiger partial charge in [-0.15, -0.1) is 0 Å². The fourth-order valence-corrected chi connectivity index (χ4v) is 1.98. The summed E-state index contributed by atoms with van der Waals surface area (Å²) in [5.41, 5.74) is 0.550. The van der Waals surface area contributed by atoms with E-state index < -0.39 is 6.10 Å². The normalized spacial score (nSPS) is 12.4. The first kappa shape index (κ1) is 14.9. The summed E-state index contributed by atoms with van der Waals surface area (Å²) in [5.74, 6) is 0.427. The fraction of sp³-hybridized carbons (Fsp3) is 0.714. The van der Waals surface area contributed by atoms with Crippen molar-refractivity contribution >= 4 is 0 Å². The highest BCUT2D eigenvalue weighted by Crippen LogP contribution is 2.24. The molecule has 1 aromatic heterocycles. The van der Waals surface area contributed by atoms with Crippen molar-refractivity contribution in [3.05, 3.63) is 18.1 Å². The zero-order valence-electron chi connectivity index (χ0n) is 11.4. The van der Waals surface area contributed by atoms with Crippen LogP contribution in [0.3, 0.4) is 0 Å². The van der Waals surface area contributed by atoms with Crippen LogP contribution in [-0.2, 0) is 0 Å². The van der Waals surface area contributed by atoms with E-state index in [9.17, 15) is 5.11 Å². The van der Waals surface area contributed by atoms with Crippen molar-refractivity contribution in [2.45, 2.75) is 58.0 Å². The third-order valence-electron chi connectivity index (χ3n) is 3.03. The van der Waals surface area contributed by atoms with Crippen molar-refractivity contribution in [3.8, 4) is 5.88 Å². The average molecular weight is 252 g/mol. The molecular formula is C14H24N2O2. The molecule has 0 aliphatic heterocycles. The molecule has 4 heteroatoms. The van der Waals surface area contributed by atoms with Crippen molar-refractivity contribution in [2.75, 3.05) is 7.11 Å². The Labute approximate surface area is 109 Å². The molecule has 0 bridgehead atoms. The molecule has 0 fully saturated rings. The minimum Gasteiger partial charge on any atom is -0.480 e. The van der Waals surface area contributed by atoms with Gasteiger partial charge in [0.05, 0.1) is 7.11 Å². The summed E-state index contributed by atoms with van der Waals surface area (Å²) in [5, 5.41) is 10.1. The minimum atomic E-state index is -0.570. The maximum absolute atomic E-state index is 10.1. The molecular weight excluding hydrogens is 228 g/mol. The van der Waals surface area contributed by atoms with Gasteiger partial charge < -0.3 is 9.84 Å². The van der Waals surface area contributed by atoms with Crippen molar-refractivity contribution in [1.29, 1.82) is 0 Å². The first-order valence-electron chi connectivity index (χ1n) is 6.82. The molecule has 0 aliphatic rings. The van der Waals surface area contributed by atoms with E-state index >= 15 is 0 Å². The standard InChI is InChI=1S/C14H24N2O2/c1-3-4-5-6-7-8-9-12(17)13-14(18-2)16-11-10-15-13/h10-12,17H,3-9H2,1-2H3. The average Bonchev–Trinajstić information content (AvgIpc) is 2.42. The second-order valence-electron chi connectivity index (χ2n) is 4.52. The molecule has 1 aromatic rings. The third-order valence-corrected chi connectivity index (χ3v) is 3.03. The Hall–Kier alpha value is -1.16. The molecule has 0 amide bonds. The molecule has 0 aromatic carbocycles. The largest absolute Gasteiger partial charge is 0.480 e. The molecule has 0 radical (unpaired) electrons. The van der Waals surface area contributed by atoms with E-state index in [-0.39, 0.29) is 0 Å². The number of unbranched alkanes of at least 4 members (excludes halogenated alkanes) is 5. The number of ether oxygens (including phenoxy) is 1. The lowest BCUT2D eigenvalue weighted by Gasteiger charge is -2.12. The molecule has 1 atom stereocenters. The fourth-order valence-electron chi connectivity index (χ4n) is 1.98. The Morgan fingerprint density at radius 3 is 2.50 bits per heavy atom. The summed E-state index contributed by atoms with van der Waals surface area (Å²) in [6.45, 7) is 2.21. The number of aliphatic hydroxyl groups excluding tert-OH is 1. The number of aliphatic hydroxyl groups is 1. The van der Waals surface area contributed by atoms with Crippen LogP contribution in [0, 0.1) is 0 Å². The van der Waals surface area contributed by atoms with E-state index in [4.69, 9.17) is 4.74 Å². The highest BCUT2D eigenvalue weighted by Gasteiger charge is 2.14. The lowest BCUT2D eigenvalue weighted by atomic mass is 10.1. The van der Waals surface area contributed by atoms with E-state index in [0.29, 0.717) is 11.6 Å². The van der Waals surface area contributed by atoms with Crippen LogP contribution in [0.25, 0.3) is 0 Å². The molecule has 0 saturated carbocycles. The molecule has 1 rings (SSSR count). The highest BCUT2D eigenvalue weighted by atomic mass is 16.5. The maximum Gasteiger partial charge on any atom is 0.238 e. The molecule has 102 valence electrons. The first-order valence-corrected chi connectivity index (χ1v) is 6.82. The van der Waals surface area contributed by atoms with Gasteiger partial charge in [-0.1, -0.05) is 45.4 Å². The Bertz CT molecular complexity index is 331. The van der Waals surface area contributed by atoms with Crippen LogP contribution >= 0.6 is 0 Å². The smallest absolute Gasteiger partial charge is 0.238 e. The van der Waals surface area contributed by atoms with Crippen LogP contribution < -0.4 is 4.74 Å². The van der Waals surface area contributed by atoms with Crippen LogP contribution in [0.4, 0.5) is 0 Å². The van der Waals surface area contributed by atoms with Crippen LogP contribution in [0.15, 0.2) is 12.4 Å². The minimum absolute atomic E-state index is 0.427. The number of rotatable bonds is 9. The summed E-state index contributed by atoms with van der Waals surface area (Å²) < 4.78 is 5.09. The van der Waals surface area contributed by atoms with Gasteiger partial charge in [-0.05, 0) is 6.42 Å². The van der Waals surface area contributed by atoms with Crippen LogP contribution in [-0.4, -0.2) is 22.2 Å². The second kappa shape index (κ2) is 8.86. The molecule has 4 nitrogen and oxygen atoms in total. The number of methoxy groups -OCH3 is 1. The number of aromatic nitrogens is 2. The zero-order chi connectivity index (χ0) is 13.2. The molecule has 1 unspecified atom stereocenters. The Morgan fingerprint density at radius 2 is 1.78 bits per heavy atom. The van der Waals surface area contributed by atoms with E-state index in [2.05, 4.69) is 16.9 Å². The monoisotopic (exact) mass is 252 g/mol. The van der Waals surface area contributed by atoms with Gasteiger partial charge >= 0.3 is 0 Å². The molecule has 0 saturated heterocycles. The summed E-state index contributed by atoms with van der Waals surface area (Å²) in [6.07, 6.45) is 10.6. The van der Waals surface area contributed by atoms with Crippen LogP contribution in [0.2, 0.25) is 0 Å². The van der Waals surface area contributed by atoms with Crippen molar-refractivity contribution in [1.82, 2.24) is 9.97 Å². The van der Waals surface area contributed by atoms with Gasteiger partial charge in [0.25, 0.3) is 0 Å². The lowest BCUT2D eigenvalue weighted by Crippen LogP contribution is -2.04. The van der Waals surface area contributed by atoms with Gasteiger partial charge in [-0.25, -0.2) is 4.98 Å². The van der Waals surface area contributed by atoms with Gasteiger partial charge in [0.1, 0.15) is 11.8 Å². The maximum atomic E-state index is 10.1. The van der Waals surface area contributed by atoms with E-state index in [1.165, 1.54) is 32.1 Å². The van der Waals surface area contributed by atoms with Crippen molar-refractivity contribution in [3.63, 3.8) is 0 Å². The summed E-state index contributed by atoms with van der Waals surface area (Å²) in [7, 11) is 1.55. The SMILES string of the molecule is CCCCCCCCC(O)c1nccnc1OC. The van der Waals surface area contributed by atoms with Gasteiger partial charge in [-0.3, -0.25) is 4.98 Å². The van der Waals surface area contributed by atoms with Gasteiger partial charge in [0, 0.05) is 12.4 Å². The van der Waals surface area contributed by atoms with Crippen molar-refractivity contribution < 1.29 is 9.84 Å². The Morgan fingerprint density at radius 1 is 1.11 bits per heavy atom. The Balaban J connectivity index is 2.29. The van der Waals surface area contributed by atoms with Crippen LogP contribution in [0.5, 0.6) is 5.88 Å². The predicted octanol–water partition coefficient (Wildman–Crippen LogP) is 3.27.